The molecule has 0 N–H and O–H groups in total. The predicted molar refractivity (Wildman–Crippen MR) is 96.4 cm³/mol. The first-order valence-electron chi connectivity index (χ1n) is 9.17. The minimum absolute atomic E-state index is 0.323. The molecular formula is C18H23N7O. The summed E-state index contributed by atoms with van der Waals surface area (Å²) < 4.78 is 9.55. The highest BCUT2D eigenvalue weighted by Gasteiger charge is 2.29. The van der Waals surface area contributed by atoms with Gasteiger partial charge in [0.1, 0.15) is 17.7 Å². The van der Waals surface area contributed by atoms with E-state index < -0.39 is 0 Å². The lowest BCUT2D eigenvalue weighted by atomic mass is 10.0. The van der Waals surface area contributed by atoms with Gasteiger partial charge in [0.15, 0.2) is 5.82 Å². The fourth-order valence-corrected chi connectivity index (χ4v) is 4.31. The van der Waals surface area contributed by atoms with Crippen molar-refractivity contribution in [3.8, 4) is 0 Å². The third kappa shape index (κ3) is 2.25. The lowest BCUT2D eigenvalue weighted by Crippen LogP contribution is -2.32. The lowest BCUT2D eigenvalue weighted by Gasteiger charge is -2.29. The molecule has 0 saturated carbocycles. The van der Waals surface area contributed by atoms with Crippen molar-refractivity contribution in [2.45, 2.75) is 39.2 Å². The Labute approximate surface area is 151 Å². The largest absolute Gasteiger partial charge is 0.381 e. The number of hydrogen-bond donors (Lipinski definition) is 0. The topological polar surface area (TPSA) is 73.4 Å². The smallest absolute Gasteiger partial charge is 0.158 e. The van der Waals surface area contributed by atoms with Gasteiger partial charge in [0.2, 0.25) is 0 Å². The van der Waals surface area contributed by atoms with Gasteiger partial charge in [-0.15, -0.1) is 0 Å². The van der Waals surface area contributed by atoms with Crippen LogP contribution in [0.15, 0.2) is 6.33 Å². The zero-order valence-electron chi connectivity index (χ0n) is 15.4. The van der Waals surface area contributed by atoms with E-state index in [-0.39, 0.29) is 0 Å². The van der Waals surface area contributed by atoms with Gasteiger partial charge in [-0.2, -0.15) is 10.2 Å². The zero-order valence-corrected chi connectivity index (χ0v) is 15.4. The number of aromatic nitrogens is 6. The highest BCUT2D eigenvalue weighted by atomic mass is 16.5. The summed E-state index contributed by atoms with van der Waals surface area (Å²) in [4.78, 5) is 11.8. The van der Waals surface area contributed by atoms with Crippen molar-refractivity contribution in [2.24, 2.45) is 7.05 Å². The van der Waals surface area contributed by atoms with Gasteiger partial charge in [0, 0.05) is 50.3 Å². The van der Waals surface area contributed by atoms with E-state index in [2.05, 4.69) is 27.0 Å². The molecule has 5 heterocycles. The average molecular weight is 353 g/mol. The molecule has 5 rings (SSSR count). The third-order valence-electron chi connectivity index (χ3n) is 5.66. The monoisotopic (exact) mass is 353 g/mol. The van der Waals surface area contributed by atoms with Crippen LogP contribution in [0.25, 0.3) is 5.52 Å². The van der Waals surface area contributed by atoms with Crippen LogP contribution in [0.4, 0.5) is 5.82 Å². The Morgan fingerprint density at radius 3 is 2.96 bits per heavy atom. The summed E-state index contributed by atoms with van der Waals surface area (Å²) in [6.07, 6.45) is 3.61. The second kappa shape index (κ2) is 5.77. The van der Waals surface area contributed by atoms with Gasteiger partial charge in [-0.1, -0.05) is 0 Å². The van der Waals surface area contributed by atoms with E-state index >= 15 is 0 Å². The van der Waals surface area contributed by atoms with Crippen LogP contribution < -0.4 is 4.90 Å². The molecule has 3 aromatic rings. The maximum Gasteiger partial charge on any atom is 0.158 e. The Hall–Kier alpha value is -2.48. The summed E-state index contributed by atoms with van der Waals surface area (Å²) in [6, 6.07) is 0. The summed E-state index contributed by atoms with van der Waals surface area (Å²) in [6.45, 7) is 7.36. The highest BCUT2D eigenvalue weighted by Crippen LogP contribution is 2.34. The Morgan fingerprint density at radius 1 is 1.27 bits per heavy atom. The maximum absolute atomic E-state index is 5.61. The number of rotatable bonds is 2. The van der Waals surface area contributed by atoms with Crippen LogP contribution in [0.1, 0.15) is 40.8 Å². The Morgan fingerprint density at radius 2 is 2.15 bits per heavy atom. The maximum atomic E-state index is 5.61. The standard InChI is InChI=1S/C18H23N7O/c1-11-14-8-24(6-4-15(14)23(3)22-11)18-17-16(13-5-7-26-9-13)21-12(2)25(17)20-10-19-18/h10,13H,4-9H2,1-3H3/t13-/m1/s1. The van der Waals surface area contributed by atoms with Gasteiger partial charge < -0.3 is 9.64 Å². The molecule has 26 heavy (non-hydrogen) atoms. The van der Waals surface area contributed by atoms with Crippen LogP contribution in [-0.4, -0.2) is 49.1 Å². The molecule has 8 nitrogen and oxygen atoms in total. The van der Waals surface area contributed by atoms with Crippen molar-refractivity contribution in [2.75, 3.05) is 24.7 Å². The fourth-order valence-electron chi connectivity index (χ4n) is 4.31. The molecule has 0 aliphatic carbocycles. The number of imidazole rings is 1. The van der Waals surface area contributed by atoms with Crippen molar-refractivity contribution < 1.29 is 4.74 Å². The third-order valence-corrected chi connectivity index (χ3v) is 5.66. The van der Waals surface area contributed by atoms with Crippen molar-refractivity contribution >= 4 is 11.3 Å². The first-order chi connectivity index (χ1) is 12.6. The van der Waals surface area contributed by atoms with Gasteiger partial charge in [-0.25, -0.2) is 14.5 Å². The molecule has 1 saturated heterocycles. The van der Waals surface area contributed by atoms with Gasteiger partial charge in [0.25, 0.3) is 0 Å². The molecule has 0 unspecified atom stereocenters. The molecule has 136 valence electrons. The molecule has 0 amide bonds. The molecule has 0 aromatic carbocycles. The number of hydrogen-bond acceptors (Lipinski definition) is 6. The normalized spacial score (nSPS) is 20.1. The molecule has 0 radical (unpaired) electrons. The molecule has 0 spiro atoms. The molecule has 0 bridgehead atoms. The minimum atomic E-state index is 0.323. The summed E-state index contributed by atoms with van der Waals surface area (Å²) in [7, 11) is 2.03. The van der Waals surface area contributed by atoms with Crippen molar-refractivity contribution in [3.63, 3.8) is 0 Å². The Bertz CT molecular complexity index is 983. The van der Waals surface area contributed by atoms with Crippen LogP contribution in [0.3, 0.4) is 0 Å². The molecule has 8 heteroatoms. The quantitative estimate of drug-likeness (QED) is 0.696. The van der Waals surface area contributed by atoms with Crippen LogP contribution in [0.2, 0.25) is 0 Å². The van der Waals surface area contributed by atoms with Crippen LogP contribution in [-0.2, 0) is 24.8 Å². The summed E-state index contributed by atoms with van der Waals surface area (Å²) in [5.74, 6) is 2.20. The van der Waals surface area contributed by atoms with E-state index in [1.54, 1.807) is 6.33 Å². The molecule has 1 atom stereocenters. The molecular weight excluding hydrogens is 330 g/mol. The SMILES string of the molecule is Cc1nn(C)c2c1CN(c1ncnn3c(C)nc([C@@H]4CCOC4)c13)CC2. The van der Waals surface area contributed by atoms with E-state index in [9.17, 15) is 0 Å². The van der Waals surface area contributed by atoms with E-state index in [0.717, 1.165) is 67.7 Å². The number of ether oxygens (including phenoxy) is 1. The summed E-state index contributed by atoms with van der Waals surface area (Å²) in [5.41, 5.74) is 5.86. The average Bonchev–Trinajstić information content (AvgIpc) is 3.35. The zero-order chi connectivity index (χ0) is 17.8. The summed E-state index contributed by atoms with van der Waals surface area (Å²) in [5, 5.41) is 9.04. The highest BCUT2D eigenvalue weighted by molar-refractivity contribution is 5.73. The van der Waals surface area contributed by atoms with Crippen LogP contribution >= 0.6 is 0 Å². The Balaban J connectivity index is 1.62. The van der Waals surface area contributed by atoms with E-state index in [0.29, 0.717) is 5.92 Å². The summed E-state index contributed by atoms with van der Waals surface area (Å²) >= 11 is 0. The van der Waals surface area contributed by atoms with Crippen molar-refractivity contribution in [1.29, 1.82) is 0 Å². The van der Waals surface area contributed by atoms with Crippen molar-refractivity contribution in [1.82, 2.24) is 29.4 Å². The van der Waals surface area contributed by atoms with Crippen molar-refractivity contribution in [3.05, 3.63) is 34.8 Å². The fraction of sp³-hybridized carbons (Fsp3) is 0.556. The molecule has 3 aromatic heterocycles. The van der Waals surface area contributed by atoms with E-state index in [1.165, 1.54) is 11.3 Å². The second-order valence-corrected chi connectivity index (χ2v) is 7.25. The van der Waals surface area contributed by atoms with Gasteiger partial charge in [-0.05, 0) is 20.3 Å². The first kappa shape index (κ1) is 15.7. The van der Waals surface area contributed by atoms with Gasteiger partial charge in [0.05, 0.1) is 18.0 Å². The number of anilines is 1. The van der Waals surface area contributed by atoms with E-state index in [1.807, 2.05) is 23.2 Å². The second-order valence-electron chi connectivity index (χ2n) is 7.25. The van der Waals surface area contributed by atoms with Crippen LogP contribution in [0.5, 0.6) is 0 Å². The predicted octanol–water partition coefficient (Wildman–Crippen LogP) is 1.54. The molecule has 2 aliphatic rings. The molecule has 2 aliphatic heterocycles. The lowest BCUT2D eigenvalue weighted by molar-refractivity contribution is 0.193. The van der Waals surface area contributed by atoms with Gasteiger partial charge >= 0.3 is 0 Å². The number of aryl methyl sites for hydroxylation is 3. The molecule has 1 fully saturated rings. The van der Waals surface area contributed by atoms with Gasteiger partial charge in [-0.3, -0.25) is 4.68 Å². The first-order valence-corrected chi connectivity index (χ1v) is 9.17. The number of nitrogens with zero attached hydrogens (tertiary/aromatic N) is 7. The van der Waals surface area contributed by atoms with Crippen LogP contribution in [0, 0.1) is 13.8 Å². The minimum Gasteiger partial charge on any atom is -0.381 e. The van der Waals surface area contributed by atoms with E-state index in [4.69, 9.17) is 9.72 Å². The number of fused-ring (bicyclic) bond motifs is 2. The Kier molecular flexibility index (Phi) is 3.49.